The van der Waals surface area contributed by atoms with E-state index in [0.717, 1.165) is 15.7 Å². The van der Waals surface area contributed by atoms with Crippen molar-refractivity contribution >= 4 is 39.9 Å². The molecular weight excluding hydrogens is 408 g/mol. The molecule has 1 amide bonds. The van der Waals surface area contributed by atoms with E-state index in [0.29, 0.717) is 11.4 Å². The van der Waals surface area contributed by atoms with Gasteiger partial charge in [0.05, 0.1) is 17.8 Å². The number of carbonyl (C=O) groups excluding carboxylic acids is 1. The van der Waals surface area contributed by atoms with Crippen molar-refractivity contribution in [3.8, 4) is 0 Å². The zero-order valence-electron chi connectivity index (χ0n) is 11.2. The number of hydrogen-bond donors (Lipinski definition) is 2. The van der Waals surface area contributed by atoms with Crippen LogP contribution in [0.4, 0.5) is 24.5 Å². The average Bonchev–Trinajstić information content (AvgIpc) is 2.47. The first kappa shape index (κ1) is 16.6. The van der Waals surface area contributed by atoms with Gasteiger partial charge in [-0.3, -0.25) is 4.79 Å². The van der Waals surface area contributed by atoms with E-state index in [2.05, 4.69) is 33.2 Å². The lowest BCUT2D eigenvalue weighted by Gasteiger charge is -2.10. The van der Waals surface area contributed by atoms with Gasteiger partial charge in [-0.15, -0.1) is 0 Å². The van der Waals surface area contributed by atoms with Crippen molar-refractivity contribution in [2.45, 2.75) is 6.18 Å². The second-order valence-corrected chi connectivity index (χ2v) is 5.62. The largest absolute Gasteiger partial charge is 0.416 e. The number of para-hydroxylation sites is 1. The molecule has 22 heavy (non-hydrogen) atoms. The molecule has 116 valence electrons. The molecule has 2 rings (SSSR count). The first-order chi connectivity index (χ1) is 10.4. The summed E-state index contributed by atoms with van der Waals surface area (Å²) >= 11 is 2.10. The van der Waals surface area contributed by atoms with E-state index in [1.54, 1.807) is 12.1 Å². The summed E-state index contributed by atoms with van der Waals surface area (Å²) < 4.78 is 38.2. The molecule has 0 fully saturated rings. The van der Waals surface area contributed by atoms with Crippen LogP contribution >= 0.6 is 22.6 Å². The number of rotatable bonds is 4. The molecule has 3 nitrogen and oxygen atoms in total. The Morgan fingerprint density at radius 1 is 1.05 bits per heavy atom. The Bertz CT molecular complexity index is 657. The number of halogens is 4. The van der Waals surface area contributed by atoms with Gasteiger partial charge in [-0.1, -0.05) is 12.1 Å². The summed E-state index contributed by atoms with van der Waals surface area (Å²) in [6, 6.07) is 11.8. The maximum atomic E-state index is 12.4. The van der Waals surface area contributed by atoms with Gasteiger partial charge < -0.3 is 10.6 Å². The lowest BCUT2D eigenvalue weighted by Crippen LogP contribution is -2.22. The van der Waals surface area contributed by atoms with Crippen LogP contribution in [-0.4, -0.2) is 12.5 Å². The molecule has 0 aliphatic carbocycles. The minimum Gasteiger partial charge on any atom is -0.376 e. The molecule has 0 radical (unpaired) electrons. The van der Waals surface area contributed by atoms with E-state index in [9.17, 15) is 18.0 Å². The van der Waals surface area contributed by atoms with E-state index in [-0.39, 0.29) is 12.5 Å². The van der Waals surface area contributed by atoms with Crippen LogP contribution in [0.2, 0.25) is 0 Å². The van der Waals surface area contributed by atoms with E-state index in [1.807, 2.05) is 12.1 Å². The standard InChI is InChI=1S/C15H12F3IN2O/c16-15(17,18)10-5-7-11(8-6-10)20-9-14(22)21-13-4-2-1-3-12(13)19/h1-8,20H,9H2,(H,21,22). The first-order valence-corrected chi connectivity index (χ1v) is 7.39. The summed E-state index contributed by atoms with van der Waals surface area (Å²) in [5.41, 5.74) is 0.426. The molecule has 0 aliphatic heterocycles. The highest BCUT2D eigenvalue weighted by molar-refractivity contribution is 14.1. The number of carbonyl (C=O) groups is 1. The smallest absolute Gasteiger partial charge is 0.376 e. The Labute approximate surface area is 139 Å². The number of hydrogen-bond acceptors (Lipinski definition) is 2. The average molecular weight is 420 g/mol. The van der Waals surface area contributed by atoms with Gasteiger partial charge in [0.2, 0.25) is 5.91 Å². The molecule has 0 spiro atoms. The molecule has 0 aliphatic rings. The second-order valence-electron chi connectivity index (χ2n) is 4.46. The summed E-state index contributed by atoms with van der Waals surface area (Å²) in [6.45, 7) is -0.0314. The van der Waals surface area contributed by atoms with Gasteiger partial charge in [0.1, 0.15) is 0 Å². The van der Waals surface area contributed by atoms with Gasteiger partial charge in [0.25, 0.3) is 0 Å². The number of alkyl halides is 3. The lowest BCUT2D eigenvalue weighted by atomic mass is 10.2. The van der Waals surface area contributed by atoms with Gasteiger partial charge >= 0.3 is 6.18 Å². The van der Waals surface area contributed by atoms with E-state index in [1.165, 1.54) is 12.1 Å². The minimum absolute atomic E-state index is 0.0314. The van der Waals surface area contributed by atoms with Crippen molar-refractivity contribution in [3.05, 3.63) is 57.7 Å². The van der Waals surface area contributed by atoms with E-state index >= 15 is 0 Å². The third kappa shape index (κ3) is 4.62. The molecule has 2 N–H and O–H groups in total. The van der Waals surface area contributed by atoms with Crippen molar-refractivity contribution in [3.63, 3.8) is 0 Å². The molecule has 7 heteroatoms. The summed E-state index contributed by atoms with van der Waals surface area (Å²) in [4.78, 5) is 11.8. The highest BCUT2D eigenvalue weighted by Crippen LogP contribution is 2.29. The Balaban J connectivity index is 1.90. The molecule has 0 bridgehead atoms. The van der Waals surface area contributed by atoms with Gasteiger partial charge in [0.15, 0.2) is 0 Å². The van der Waals surface area contributed by atoms with Crippen molar-refractivity contribution in [2.24, 2.45) is 0 Å². The number of benzene rings is 2. The molecule has 0 heterocycles. The van der Waals surface area contributed by atoms with Crippen LogP contribution in [0.1, 0.15) is 5.56 Å². The van der Waals surface area contributed by atoms with Crippen LogP contribution in [0.3, 0.4) is 0 Å². The number of nitrogens with one attached hydrogen (secondary N) is 2. The predicted octanol–water partition coefficient (Wildman–Crippen LogP) is 4.36. The monoisotopic (exact) mass is 420 g/mol. The third-order valence-electron chi connectivity index (χ3n) is 2.81. The van der Waals surface area contributed by atoms with Crippen LogP contribution in [0.5, 0.6) is 0 Å². The molecule has 2 aromatic rings. The van der Waals surface area contributed by atoms with Crippen molar-refractivity contribution in [1.29, 1.82) is 0 Å². The highest BCUT2D eigenvalue weighted by Gasteiger charge is 2.29. The summed E-state index contributed by atoms with van der Waals surface area (Å²) in [7, 11) is 0. The summed E-state index contributed by atoms with van der Waals surface area (Å²) in [5, 5.41) is 5.51. The van der Waals surface area contributed by atoms with Crippen molar-refractivity contribution < 1.29 is 18.0 Å². The first-order valence-electron chi connectivity index (χ1n) is 6.32. The SMILES string of the molecule is O=C(CNc1ccc(C(F)(F)F)cc1)Nc1ccccc1I. The Hall–Kier alpha value is -1.77. The van der Waals surface area contributed by atoms with Gasteiger partial charge in [0, 0.05) is 9.26 Å². The summed E-state index contributed by atoms with van der Waals surface area (Å²) in [6.07, 6.45) is -4.36. The van der Waals surface area contributed by atoms with Gasteiger partial charge in [-0.25, -0.2) is 0 Å². The Morgan fingerprint density at radius 2 is 1.68 bits per heavy atom. The van der Waals surface area contributed by atoms with Crippen LogP contribution < -0.4 is 10.6 Å². The second kappa shape index (κ2) is 6.99. The van der Waals surface area contributed by atoms with Crippen molar-refractivity contribution in [1.82, 2.24) is 0 Å². The van der Waals surface area contributed by atoms with Crippen LogP contribution in [0, 0.1) is 3.57 Å². The third-order valence-corrected chi connectivity index (χ3v) is 3.75. The molecule has 0 aromatic heterocycles. The fraction of sp³-hybridized carbons (Fsp3) is 0.133. The molecule has 2 aromatic carbocycles. The topological polar surface area (TPSA) is 41.1 Å². The molecule has 0 atom stereocenters. The quantitative estimate of drug-likeness (QED) is 0.722. The van der Waals surface area contributed by atoms with Gasteiger partial charge in [-0.2, -0.15) is 13.2 Å². The van der Waals surface area contributed by atoms with E-state index < -0.39 is 11.7 Å². The maximum Gasteiger partial charge on any atom is 0.416 e. The molecule has 0 unspecified atom stereocenters. The zero-order chi connectivity index (χ0) is 16.2. The number of amides is 1. The molecule has 0 saturated carbocycles. The maximum absolute atomic E-state index is 12.4. The molecular formula is C15H12F3IN2O. The van der Waals surface area contributed by atoms with E-state index in [4.69, 9.17) is 0 Å². The minimum atomic E-state index is -4.36. The summed E-state index contributed by atoms with van der Waals surface area (Å²) in [5.74, 6) is -0.274. The van der Waals surface area contributed by atoms with Gasteiger partial charge in [-0.05, 0) is 59.0 Å². The number of anilines is 2. The zero-order valence-corrected chi connectivity index (χ0v) is 13.4. The molecule has 0 saturated heterocycles. The fourth-order valence-electron chi connectivity index (χ4n) is 1.72. The lowest BCUT2D eigenvalue weighted by molar-refractivity contribution is -0.137. The Morgan fingerprint density at radius 3 is 2.27 bits per heavy atom. The van der Waals surface area contributed by atoms with Crippen LogP contribution in [0.25, 0.3) is 0 Å². The van der Waals surface area contributed by atoms with Crippen LogP contribution in [0.15, 0.2) is 48.5 Å². The Kier molecular flexibility index (Phi) is 5.28. The van der Waals surface area contributed by atoms with Crippen molar-refractivity contribution in [2.75, 3.05) is 17.2 Å². The predicted molar refractivity (Wildman–Crippen MR) is 87.7 cm³/mol. The fourth-order valence-corrected chi connectivity index (χ4v) is 2.24. The van der Waals surface area contributed by atoms with Crippen LogP contribution in [-0.2, 0) is 11.0 Å². The normalized spacial score (nSPS) is 11.1. The highest BCUT2D eigenvalue weighted by atomic mass is 127.